The number of halogens is 4. The molecule has 0 atom stereocenters. The van der Waals surface area contributed by atoms with Crippen LogP contribution in [0.3, 0.4) is 0 Å². The van der Waals surface area contributed by atoms with Crippen LogP contribution in [0.15, 0.2) is 24.4 Å². The quantitative estimate of drug-likeness (QED) is 0.329. The molecule has 0 aliphatic heterocycles. The van der Waals surface area contributed by atoms with Crippen LogP contribution in [0, 0.1) is 0 Å². The molecule has 0 unspecified atom stereocenters. The molecule has 0 N–H and O–H groups in total. The second kappa shape index (κ2) is 11.9. The zero-order valence-corrected chi connectivity index (χ0v) is 15.9. The second-order valence-electron chi connectivity index (χ2n) is 6.91. The fourth-order valence-corrected chi connectivity index (χ4v) is 8.05. The van der Waals surface area contributed by atoms with Crippen LogP contribution in [0.5, 0.6) is 0 Å². The Morgan fingerprint density at radius 3 is 1.72 bits per heavy atom. The first-order chi connectivity index (χ1) is 11.6. The molecule has 0 spiro atoms. The van der Waals surface area contributed by atoms with Crippen molar-refractivity contribution in [2.24, 2.45) is 7.05 Å². The van der Waals surface area contributed by atoms with E-state index >= 15 is 0 Å². The molecule has 142 valence electrons. The number of aromatic nitrogens is 1. The van der Waals surface area contributed by atoms with Crippen LogP contribution in [-0.4, -0.2) is 18.9 Å². The highest BCUT2D eigenvalue weighted by Gasteiger charge is 2.36. The van der Waals surface area contributed by atoms with Crippen LogP contribution in [0.4, 0.5) is 12.9 Å². The molecule has 1 nitrogen and oxygen atoms in total. The predicted molar refractivity (Wildman–Crippen MR) is 97.0 cm³/mol. The molecule has 25 heavy (non-hydrogen) atoms. The minimum absolute atomic E-state index is 0. The number of hydrogen-bond donors (Lipinski definition) is 0. The van der Waals surface area contributed by atoms with Crippen LogP contribution >= 0.6 is 7.92 Å². The van der Waals surface area contributed by atoms with Crippen molar-refractivity contribution in [2.75, 3.05) is 0 Å². The number of pyridine rings is 1. The molecule has 0 bridgehead atoms. The minimum atomic E-state index is -3.67. The van der Waals surface area contributed by atoms with Crippen LogP contribution < -0.4 is 14.7 Å². The van der Waals surface area contributed by atoms with Gasteiger partial charge in [0.25, 0.3) is 0 Å². The zero-order chi connectivity index (χ0) is 17.4. The van der Waals surface area contributed by atoms with Crippen LogP contribution in [-0.2, 0) is 7.05 Å². The van der Waals surface area contributed by atoms with Crippen molar-refractivity contribution in [3.05, 3.63) is 24.4 Å². The maximum atomic E-state index is 9.67. The van der Waals surface area contributed by atoms with Gasteiger partial charge in [-0.2, -0.15) is 0 Å². The molecule has 2 fully saturated rings. The molecule has 2 saturated carbocycles. The maximum Gasteiger partial charge on any atom is 0.762 e. The van der Waals surface area contributed by atoms with E-state index in [-0.39, 0.29) is 12.6 Å². The smallest absolute Gasteiger partial charge is 0.762 e. The molecule has 1 aromatic heterocycles. The summed E-state index contributed by atoms with van der Waals surface area (Å²) in [4.78, 5) is 0. The van der Waals surface area contributed by atoms with Crippen molar-refractivity contribution >= 4 is 20.9 Å². The monoisotopic (exact) mass is 377 g/mol. The van der Waals surface area contributed by atoms with E-state index in [1.165, 1.54) is 64.2 Å². The molecule has 2 aliphatic rings. The lowest BCUT2D eigenvalue weighted by molar-refractivity contribution is -0.653. The Morgan fingerprint density at radius 1 is 0.880 bits per heavy atom. The van der Waals surface area contributed by atoms with E-state index in [0.717, 1.165) is 11.3 Å². The standard InChI is InChI=1S/C18H29NP.BF3.FH/c1-19-15-9-8-14-18(19)20(16-10-4-2-5-11-16)17-12-6-3-7-13-17;2-1(3)4;/h8-9,14-17H,2-7,10-13H2,1H3;;1H/q+1;;/p-1. The minimum Gasteiger partial charge on any atom is -1.00 e. The summed E-state index contributed by atoms with van der Waals surface area (Å²) in [5.74, 6) is 0. The van der Waals surface area contributed by atoms with Gasteiger partial charge < -0.3 is 4.70 Å². The summed E-state index contributed by atoms with van der Waals surface area (Å²) in [5.41, 5.74) is 3.69. The highest BCUT2D eigenvalue weighted by Crippen LogP contribution is 2.54. The van der Waals surface area contributed by atoms with Gasteiger partial charge in [-0.1, -0.05) is 38.5 Å². The van der Waals surface area contributed by atoms with E-state index < -0.39 is 7.54 Å². The van der Waals surface area contributed by atoms with Gasteiger partial charge in [-0.25, -0.2) is 4.57 Å². The largest absolute Gasteiger partial charge is 1.00 e. The first kappa shape index (κ1) is 22.4. The molecule has 7 heteroatoms. The van der Waals surface area contributed by atoms with Gasteiger partial charge in [0.2, 0.25) is 5.44 Å². The Morgan fingerprint density at radius 2 is 1.32 bits per heavy atom. The molecule has 2 aliphatic carbocycles. The van der Waals surface area contributed by atoms with Crippen LogP contribution in [0.25, 0.3) is 0 Å². The molecule has 0 radical (unpaired) electrons. The topological polar surface area (TPSA) is 3.88 Å². The SMILES string of the molecule is C[n+]1ccccc1P(C1CCCCC1)C1CCCCC1.FB(F)F.[F-]. The van der Waals surface area contributed by atoms with Crippen LogP contribution in [0.2, 0.25) is 0 Å². The number of hydrogen-bond acceptors (Lipinski definition) is 0. The van der Waals surface area contributed by atoms with Crippen molar-refractivity contribution in [1.82, 2.24) is 0 Å². The molecular formula is C18H29BF4NP. The number of rotatable bonds is 3. The molecule has 1 heterocycles. The zero-order valence-electron chi connectivity index (χ0n) is 15.0. The van der Waals surface area contributed by atoms with E-state index in [1.54, 1.807) is 5.44 Å². The maximum absolute atomic E-state index is 9.67. The van der Waals surface area contributed by atoms with Gasteiger partial charge in [-0.3, -0.25) is 12.9 Å². The lowest BCUT2D eigenvalue weighted by Crippen LogP contribution is -3.00. The molecule has 0 amide bonds. The summed E-state index contributed by atoms with van der Waals surface area (Å²) >= 11 is 0. The highest BCUT2D eigenvalue weighted by molar-refractivity contribution is 7.66. The number of aryl methyl sites for hydroxylation is 1. The van der Waals surface area contributed by atoms with Gasteiger partial charge in [-0.05, 0) is 43.1 Å². The highest BCUT2D eigenvalue weighted by atomic mass is 31.1. The van der Waals surface area contributed by atoms with Crippen LogP contribution in [0.1, 0.15) is 64.2 Å². The van der Waals surface area contributed by atoms with Crippen molar-refractivity contribution < 1.29 is 22.2 Å². The van der Waals surface area contributed by atoms with Gasteiger partial charge in [0.1, 0.15) is 7.05 Å². The van der Waals surface area contributed by atoms with Gasteiger partial charge in [0.15, 0.2) is 6.20 Å². The first-order valence-corrected chi connectivity index (χ1v) is 10.7. The van der Waals surface area contributed by atoms with Gasteiger partial charge in [0, 0.05) is 20.1 Å². The molecule has 1 aromatic rings. The summed E-state index contributed by atoms with van der Waals surface area (Å²) < 4.78 is 31.4. The third-order valence-electron chi connectivity index (χ3n) is 5.23. The molecular weight excluding hydrogens is 348 g/mol. The second-order valence-corrected chi connectivity index (χ2v) is 9.64. The first-order valence-electron chi connectivity index (χ1n) is 9.25. The Balaban J connectivity index is 0.000000568. The predicted octanol–water partition coefficient (Wildman–Crippen LogP) is 2.17. The number of nitrogens with zero attached hydrogens (tertiary/aromatic N) is 1. The van der Waals surface area contributed by atoms with Crippen molar-refractivity contribution in [3.63, 3.8) is 0 Å². The third kappa shape index (κ3) is 7.25. The summed E-state index contributed by atoms with van der Waals surface area (Å²) in [6.45, 7) is 0. The average molecular weight is 377 g/mol. The third-order valence-corrected chi connectivity index (χ3v) is 8.83. The lowest BCUT2D eigenvalue weighted by atomic mass is 9.99. The fourth-order valence-electron chi connectivity index (χ4n) is 4.17. The Hall–Kier alpha value is -0.635. The Kier molecular flexibility index (Phi) is 10.6. The summed E-state index contributed by atoms with van der Waals surface area (Å²) in [6, 6.07) is 6.87. The Labute approximate surface area is 150 Å². The van der Waals surface area contributed by atoms with E-state index in [1.807, 2.05) is 0 Å². The van der Waals surface area contributed by atoms with E-state index in [9.17, 15) is 12.9 Å². The normalized spacial score (nSPS) is 18.9. The fraction of sp³-hybridized carbons (Fsp3) is 0.722. The van der Waals surface area contributed by atoms with Gasteiger partial charge >= 0.3 is 7.54 Å². The van der Waals surface area contributed by atoms with Crippen molar-refractivity contribution in [3.8, 4) is 0 Å². The van der Waals surface area contributed by atoms with E-state index in [4.69, 9.17) is 0 Å². The summed E-state index contributed by atoms with van der Waals surface area (Å²) in [5, 5.41) is 0. The van der Waals surface area contributed by atoms with Crippen molar-refractivity contribution in [1.29, 1.82) is 0 Å². The van der Waals surface area contributed by atoms with E-state index in [2.05, 4.69) is 36.0 Å². The van der Waals surface area contributed by atoms with Crippen molar-refractivity contribution in [2.45, 2.75) is 75.5 Å². The summed E-state index contributed by atoms with van der Waals surface area (Å²) in [6.07, 6.45) is 17.1. The average Bonchev–Trinajstić information content (AvgIpc) is 2.58. The molecule has 0 saturated heterocycles. The van der Waals surface area contributed by atoms with Gasteiger partial charge in [-0.15, -0.1) is 0 Å². The van der Waals surface area contributed by atoms with Gasteiger partial charge in [0.05, 0.1) is 0 Å². The molecule has 0 aromatic carbocycles. The Bertz CT molecular complexity index is 459. The van der Waals surface area contributed by atoms with E-state index in [0.29, 0.717) is 0 Å². The summed E-state index contributed by atoms with van der Waals surface area (Å²) in [7, 11) is -1.36. The lowest BCUT2D eigenvalue weighted by Gasteiger charge is -2.36. The molecule has 3 rings (SSSR count).